The molecule has 4 nitrogen and oxygen atoms in total. The van der Waals surface area contributed by atoms with Crippen LogP contribution < -0.4 is 5.73 Å². The van der Waals surface area contributed by atoms with Crippen LogP contribution in [-0.4, -0.2) is 28.9 Å². The second-order valence-corrected chi connectivity index (χ2v) is 6.88. The normalized spacial score (nSPS) is 37.3. The van der Waals surface area contributed by atoms with Gasteiger partial charge in [-0.15, -0.1) is 0 Å². The van der Waals surface area contributed by atoms with Crippen LogP contribution in [0.3, 0.4) is 0 Å². The first kappa shape index (κ1) is 12.9. The molecule has 0 bridgehead atoms. The average Bonchev–Trinajstić information content (AvgIpc) is 3.09. The fourth-order valence-corrected chi connectivity index (χ4v) is 4.02. The Labute approximate surface area is 114 Å². The van der Waals surface area contributed by atoms with Crippen molar-refractivity contribution < 1.29 is 4.79 Å². The van der Waals surface area contributed by atoms with Gasteiger partial charge in [0, 0.05) is 6.04 Å². The molecule has 4 atom stereocenters. The molecule has 0 spiro atoms. The monoisotopic (exact) mass is 261 g/mol. The number of rotatable bonds is 2. The number of hydrogen-bond acceptors (Lipinski definition) is 3. The van der Waals surface area contributed by atoms with Crippen molar-refractivity contribution in [2.75, 3.05) is 0 Å². The van der Waals surface area contributed by atoms with Crippen LogP contribution in [-0.2, 0) is 4.79 Å². The molecule has 3 aliphatic rings. The van der Waals surface area contributed by atoms with Gasteiger partial charge in [-0.3, -0.25) is 4.79 Å². The van der Waals surface area contributed by atoms with E-state index in [4.69, 9.17) is 5.73 Å². The standard InChI is InChI=1S/C15H23N3O/c1-15(5-3-2-4-6-15)13(17)14(19)18-11(9-16)7-10-8-12(10)18/h10-13H,2-8,17H2,1H3/t10-,11?,12+,13?/m1/s1. The number of carbonyl (C=O) groups is 1. The molecule has 19 heavy (non-hydrogen) atoms. The maximum atomic E-state index is 12.7. The molecule has 2 saturated carbocycles. The van der Waals surface area contributed by atoms with Gasteiger partial charge in [0.25, 0.3) is 0 Å². The van der Waals surface area contributed by atoms with E-state index in [1.165, 1.54) is 19.3 Å². The van der Waals surface area contributed by atoms with Crippen molar-refractivity contribution in [2.45, 2.75) is 70.0 Å². The summed E-state index contributed by atoms with van der Waals surface area (Å²) in [7, 11) is 0. The number of nitrogens with two attached hydrogens (primary N) is 1. The largest absolute Gasteiger partial charge is 0.322 e. The van der Waals surface area contributed by atoms with E-state index in [0.717, 1.165) is 25.7 Å². The lowest BCUT2D eigenvalue weighted by molar-refractivity contribution is -0.137. The Kier molecular flexibility index (Phi) is 3.05. The SMILES string of the molecule is CC1(C(N)C(=O)N2C(C#N)C[C@@H]3C[C@@H]32)CCCCC1. The molecular weight excluding hydrogens is 238 g/mol. The Morgan fingerprint density at radius 1 is 1.37 bits per heavy atom. The van der Waals surface area contributed by atoms with Gasteiger partial charge in [0.2, 0.25) is 5.91 Å². The van der Waals surface area contributed by atoms with Crippen molar-refractivity contribution >= 4 is 5.91 Å². The Morgan fingerprint density at radius 2 is 2.05 bits per heavy atom. The Balaban J connectivity index is 1.74. The molecule has 2 unspecified atom stereocenters. The van der Waals surface area contributed by atoms with Gasteiger partial charge in [-0.25, -0.2) is 0 Å². The van der Waals surface area contributed by atoms with E-state index in [9.17, 15) is 10.1 Å². The van der Waals surface area contributed by atoms with Crippen molar-refractivity contribution in [3.05, 3.63) is 0 Å². The number of hydrogen-bond donors (Lipinski definition) is 1. The summed E-state index contributed by atoms with van der Waals surface area (Å²) in [6, 6.07) is 1.94. The lowest BCUT2D eigenvalue weighted by Gasteiger charge is -2.40. The molecule has 0 aromatic rings. The minimum absolute atomic E-state index is 0.0287. The highest BCUT2D eigenvalue weighted by molar-refractivity contribution is 5.84. The predicted molar refractivity (Wildman–Crippen MR) is 71.9 cm³/mol. The molecule has 1 aliphatic heterocycles. The zero-order chi connectivity index (χ0) is 13.6. The molecule has 1 heterocycles. The van der Waals surface area contributed by atoms with Crippen molar-refractivity contribution in [1.29, 1.82) is 5.26 Å². The second kappa shape index (κ2) is 4.49. The lowest BCUT2D eigenvalue weighted by Crippen LogP contribution is -2.54. The van der Waals surface area contributed by atoms with Gasteiger partial charge in [0.1, 0.15) is 6.04 Å². The highest BCUT2D eigenvalue weighted by Gasteiger charge is 2.56. The van der Waals surface area contributed by atoms with E-state index in [1.807, 2.05) is 4.90 Å². The third-order valence-electron chi connectivity index (χ3n) is 5.52. The van der Waals surface area contributed by atoms with Crippen LogP contribution in [0.4, 0.5) is 0 Å². The minimum atomic E-state index is -0.428. The zero-order valence-corrected chi connectivity index (χ0v) is 11.6. The van der Waals surface area contributed by atoms with E-state index in [1.54, 1.807) is 0 Å². The van der Waals surface area contributed by atoms with Gasteiger partial charge < -0.3 is 10.6 Å². The quantitative estimate of drug-likeness (QED) is 0.824. The molecule has 0 radical (unpaired) electrons. The Hall–Kier alpha value is -1.08. The smallest absolute Gasteiger partial charge is 0.241 e. The van der Waals surface area contributed by atoms with Gasteiger partial charge in [-0.2, -0.15) is 5.26 Å². The summed E-state index contributed by atoms with van der Waals surface area (Å²) in [6.45, 7) is 2.15. The number of nitrogens with zero attached hydrogens (tertiary/aromatic N) is 2. The van der Waals surface area contributed by atoms with Gasteiger partial charge in [0.05, 0.1) is 12.1 Å². The van der Waals surface area contributed by atoms with Crippen molar-refractivity contribution in [2.24, 2.45) is 17.1 Å². The molecule has 0 aromatic heterocycles. The van der Waals surface area contributed by atoms with Crippen LogP contribution in [0.2, 0.25) is 0 Å². The molecule has 3 fully saturated rings. The van der Waals surface area contributed by atoms with E-state index in [0.29, 0.717) is 12.0 Å². The summed E-state index contributed by atoms with van der Waals surface area (Å²) >= 11 is 0. The summed E-state index contributed by atoms with van der Waals surface area (Å²) in [5.74, 6) is 0.598. The molecule has 4 heteroatoms. The third-order valence-corrected chi connectivity index (χ3v) is 5.52. The van der Waals surface area contributed by atoms with Crippen molar-refractivity contribution in [1.82, 2.24) is 4.90 Å². The van der Waals surface area contributed by atoms with Gasteiger partial charge >= 0.3 is 0 Å². The fourth-order valence-electron chi connectivity index (χ4n) is 4.02. The maximum absolute atomic E-state index is 12.7. The van der Waals surface area contributed by atoms with Gasteiger partial charge in [-0.05, 0) is 37.0 Å². The predicted octanol–water partition coefficient (Wildman–Crippen LogP) is 1.80. The number of fused-ring (bicyclic) bond motifs is 1. The minimum Gasteiger partial charge on any atom is -0.322 e. The topological polar surface area (TPSA) is 70.1 Å². The van der Waals surface area contributed by atoms with Crippen LogP contribution in [0.1, 0.15) is 51.9 Å². The number of carbonyl (C=O) groups excluding carboxylic acids is 1. The maximum Gasteiger partial charge on any atom is 0.241 e. The van der Waals surface area contributed by atoms with E-state index < -0.39 is 6.04 Å². The molecule has 1 amide bonds. The molecule has 2 N–H and O–H groups in total. The molecule has 2 aliphatic carbocycles. The Morgan fingerprint density at radius 3 is 2.68 bits per heavy atom. The second-order valence-electron chi connectivity index (χ2n) is 6.88. The molecule has 104 valence electrons. The van der Waals surface area contributed by atoms with Crippen LogP contribution in [0.25, 0.3) is 0 Å². The van der Waals surface area contributed by atoms with Crippen LogP contribution in [0, 0.1) is 22.7 Å². The number of piperidine rings is 1. The summed E-state index contributed by atoms with van der Waals surface area (Å²) in [5.41, 5.74) is 6.24. The first-order valence-electron chi connectivity index (χ1n) is 7.54. The molecule has 3 rings (SSSR count). The summed E-state index contributed by atoms with van der Waals surface area (Å²) in [4.78, 5) is 14.5. The van der Waals surface area contributed by atoms with Crippen molar-refractivity contribution in [3.63, 3.8) is 0 Å². The summed E-state index contributed by atoms with van der Waals surface area (Å²) in [6.07, 6.45) is 7.62. The lowest BCUT2D eigenvalue weighted by atomic mass is 9.70. The summed E-state index contributed by atoms with van der Waals surface area (Å²) < 4.78 is 0. The first-order valence-corrected chi connectivity index (χ1v) is 7.54. The highest BCUT2D eigenvalue weighted by atomic mass is 16.2. The van der Waals surface area contributed by atoms with E-state index in [-0.39, 0.29) is 17.4 Å². The number of amides is 1. The van der Waals surface area contributed by atoms with Gasteiger partial charge in [0.15, 0.2) is 0 Å². The zero-order valence-electron chi connectivity index (χ0n) is 11.6. The molecule has 1 saturated heterocycles. The fraction of sp³-hybridized carbons (Fsp3) is 0.867. The first-order chi connectivity index (χ1) is 9.07. The van der Waals surface area contributed by atoms with Crippen LogP contribution >= 0.6 is 0 Å². The van der Waals surface area contributed by atoms with Crippen molar-refractivity contribution in [3.8, 4) is 6.07 Å². The third kappa shape index (κ3) is 2.04. The van der Waals surface area contributed by atoms with E-state index in [2.05, 4.69) is 13.0 Å². The molecule has 0 aromatic carbocycles. The van der Waals surface area contributed by atoms with E-state index >= 15 is 0 Å². The molecular formula is C15H23N3O. The van der Waals surface area contributed by atoms with Gasteiger partial charge in [-0.1, -0.05) is 26.2 Å². The summed E-state index contributed by atoms with van der Waals surface area (Å²) in [5, 5.41) is 9.20. The van der Waals surface area contributed by atoms with Crippen LogP contribution in [0.5, 0.6) is 0 Å². The average molecular weight is 261 g/mol. The Bertz CT molecular complexity index is 422. The van der Waals surface area contributed by atoms with Crippen LogP contribution in [0.15, 0.2) is 0 Å². The number of nitriles is 1. The number of likely N-dealkylation sites (tertiary alicyclic amines) is 1. The highest BCUT2D eigenvalue weighted by Crippen LogP contribution is 2.49.